The Bertz CT molecular complexity index is 2640. The lowest BCUT2D eigenvalue weighted by Gasteiger charge is -2.46. The third-order valence-corrected chi connectivity index (χ3v) is 15.2. The van der Waals surface area contributed by atoms with Crippen molar-refractivity contribution in [2.45, 2.75) is 168 Å². The van der Waals surface area contributed by atoms with Gasteiger partial charge in [-0.05, 0) is 33.9 Å². The Balaban J connectivity index is 0.000000226. The summed E-state index contributed by atoms with van der Waals surface area (Å²) in [4.78, 5) is 55.4. The van der Waals surface area contributed by atoms with Gasteiger partial charge in [-0.25, -0.2) is 4.99 Å². The highest BCUT2D eigenvalue weighted by atomic mass is 16.8. The molecule has 3 saturated heterocycles. The SMILES string of the molecule is CN[C@@H]1[C@H](O[C@H]2[C@H](O[C@H]3[C@H](O)[C@@H](O)[C@H](N=C(N)N)[C@@H](O)[C@@H]3NC(=N)N)O[C@@H](C)[C@]2(O)C=O)O[C@@H](CO)[C@H](O)[C@H]1O.COc1cccc2c1C(=O)c1c(O)c3c(c(O)c1C2=O)C[C@@](O)(C(C)=O)C[C@@H]3O[C@H]1C[C@H](N)[C@H](O)[C@H](C)O1. The zero-order valence-electron chi connectivity index (χ0n) is 42.8. The summed E-state index contributed by atoms with van der Waals surface area (Å²) >= 11 is 0. The van der Waals surface area contributed by atoms with E-state index in [9.17, 15) is 75.3 Å². The van der Waals surface area contributed by atoms with Gasteiger partial charge in [0.05, 0.1) is 66.9 Å². The van der Waals surface area contributed by atoms with E-state index in [0.717, 1.165) is 0 Å². The van der Waals surface area contributed by atoms with Gasteiger partial charge < -0.3 is 123 Å². The normalized spacial score (nSPS) is 39.1. The van der Waals surface area contributed by atoms with Crippen molar-refractivity contribution in [3.05, 3.63) is 51.6 Å². The Morgan fingerprint density at radius 1 is 0.872 bits per heavy atom. The summed E-state index contributed by atoms with van der Waals surface area (Å²) in [6.45, 7) is 3.40. The van der Waals surface area contributed by atoms with Crippen molar-refractivity contribution in [2.24, 2.45) is 27.9 Å². The molecule has 432 valence electrons. The molecule has 78 heavy (non-hydrogen) atoms. The van der Waals surface area contributed by atoms with Gasteiger partial charge in [0.1, 0.15) is 77.7 Å². The molecule has 0 bridgehead atoms. The summed E-state index contributed by atoms with van der Waals surface area (Å²) in [6, 6.07) is -0.270. The van der Waals surface area contributed by atoms with Crippen molar-refractivity contribution in [1.29, 1.82) is 5.41 Å². The average Bonchev–Trinajstić information content (AvgIpc) is 3.72. The summed E-state index contributed by atoms with van der Waals surface area (Å²) in [5.74, 6) is -4.34. The molecule has 0 aromatic heterocycles. The number of aliphatic hydroxyl groups excluding tert-OH is 7. The number of nitrogens with two attached hydrogens (primary N) is 4. The van der Waals surface area contributed by atoms with Gasteiger partial charge in [0.25, 0.3) is 0 Å². The van der Waals surface area contributed by atoms with Gasteiger partial charge in [-0.15, -0.1) is 0 Å². The highest BCUT2D eigenvalue weighted by Crippen LogP contribution is 2.53. The lowest BCUT2D eigenvalue weighted by atomic mass is 9.72. The van der Waals surface area contributed by atoms with E-state index in [1.54, 1.807) is 6.92 Å². The van der Waals surface area contributed by atoms with Crippen molar-refractivity contribution in [3.8, 4) is 17.2 Å². The number of likely N-dealkylation sites (N-methyl/N-ethyl adjacent to an activating group) is 1. The highest BCUT2D eigenvalue weighted by molar-refractivity contribution is 6.31. The number of ketones is 3. The van der Waals surface area contributed by atoms with Crippen molar-refractivity contribution < 1.29 is 109 Å². The number of ether oxygens (including phenoxy) is 7. The van der Waals surface area contributed by atoms with Crippen LogP contribution >= 0.6 is 0 Å². The molecule has 2 aromatic rings. The maximum atomic E-state index is 13.6. The zero-order valence-corrected chi connectivity index (χ0v) is 42.8. The number of benzene rings is 2. The molecule has 4 fully saturated rings. The van der Waals surface area contributed by atoms with Crippen LogP contribution in [0.3, 0.4) is 0 Å². The molecule has 0 amide bonds. The Hall–Kier alpha value is -5.62. The molecule has 21 atom stereocenters. The van der Waals surface area contributed by atoms with Gasteiger partial charge in [0.2, 0.25) is 5.78 Å². The number of aliphatic hydroxyl groups is 9. The molecule has 3 aliphatic carbocycles. The number of Topliss-reactive ketones (excluding diaryl/α,β-unsaturated/α-hetero) is 1. The lowest BCUT2D eigenvalue weighted by molar-refractivity contribution is -0.314. The van der Waals surface area contributed by atoms with Crippen LogP contribution in [0.25, 0.3) is 0 Å². The van der Waals surface area contributed by atoms with E-state index in [0.29, 0.717) is 0 Å². The molecule has 3 heterocycles. The predicted octanol–water partition coefficient (Wildman–Crippen LogP) is -6.92. The molecule has 0 unspecified atom stereocenters. The molecule has 6 aliphatic rings. The number of aromatic hydroxyl groups is 2. The zero-order chi connectivity index (χ0) is 57.8. The van der Waals surface area contributed by atoms with Crippen molar-refractivity contribution >= 4 is 35.6 Å². The molecule has 3 aliphatic heterocycles. The fourth-order valence-electron chi connectivity index (χ4n) is 10.8. The second-order valence-electron chi connectivity index (χ2n) is 20.1. The highest BCUT2D eigenvalue weighted by Gasteiger charge is 2.61. The number of fused-ring (bicyclic) bond motifs is 3. The van der Waals surface area contributed by atoms with Crippen LogP contribution in [0.5, 0.6) is 17.2 Å². The van der Waals surface area contributed by atoms with Crippen LogP contribution in [0.4, 0.5) is 0 Å². The van der Waals surface area contributed by atoms with Crippen LogP contribution in [0.1, 0.15) is 82.7 Å². The summed E-state index contributed by atoms with van der Waals surface area (Å²) in [6.07, 6.45) is -21.8. The maximum Gasteiger partial charge on any atom is 0.202 e. The van der Waals surface area contributed by atoms with Gasteiger partial charge in [0.15, 0.2) is 54.2 Å². The second-order valence-corrected chi connectivity index (χ2v) is 20.1. The number of rotatable bonds is 13. The summed E-state index contributed by atoms with van der Waals surface area (Å²) in [5.41, 5.74) is 16.8. The largest absolute Gasteiger partial charge is 0.507 e. The lowest BCUT2D eigenvalue weighted by Crippen LogP contribution is -2.70. The molecule has 0 spiro atoms. The first-order valence-corrected chi connectivity index (χ1v) is 24.6. The smallest absolute Gasteiger partial charge is 0.202 e. The second kappa shape index (κ2) is 23.2. The molecule has 22 N–H and O–H groups in total. The van der Waals surface area contributed by atoms with E-state index in [4.69, 9.17) is 61.5 Å². The number of phenolic OH excluding ortho intramolecular Hbond substituents is 2. The van der Waals surface area contributed by atoms with Crippen LogP contribution in [-0.2, 0) is 44.4 Å². The van der Waals surface area contributed by atoms with Crippen molar-refractivity contribution in [1.82, 2.24) is 10.6 Å². The molecule has 30 heteroatoms. The number of phenols is 2. The fraction of sp³-hybridized carbons (Fsp3) is 0.625. The van der Waals surface area contributed by atoms with Gasteiger partial charge in [-0.3, -0.25) is 24.6 Å². The average molecular weight is 1110 g/mol. The number of hydrogen-bond donors (Lipinski definition) is 18. The quantitative estimate of drug-likeness (QED) is 0.0327. The minimum atomic E-state index is -2.39. The molecule has 8 rings (SSSR count). The molecule has 30 nitrogen and oxygen atoms in total. The number of carbonyl (C=O) groups is 4. The number of aliphatic imine (C=N–C) groups is 1. The number of hydrogen-bond acceptors (Lipinski definition) is 26. The summed E-state index contributed by atoms with van der Waals surface area (Å²) in [5, 5.41) is 131. The van der Waals surface area contributed by atoms with E-state index in [1.807, 2.05) is 0 Å². The van der Waals surface area contributed by atoms with E-state index in [1.165, 1.54) is 46.2 Å². The minimum Gasteiger partial charge on any atom is -0.507 e. The summed E-state index contributed by atoms with van der Waals surface area (Å²) in [7, 11) is 2.76. The molecular formula is C48H68N8O22. The first-order valence-electron chi connectivity index (χ1n) is 24.6. The predicted molar refractivity (Wildman–Crippen MR) is 263 cm³/mol. The molecular weight excluding hydrogens is 1040 g/mol. The minimum absolute atomic E-state index is 0.0147. The van der Waals surface area contributed by atoms with Crippen LogP contribution in [0.2, 0.25) is 0 Å². The first-order chi connectivity index (χ1) is 36.6. The van der Waals surface area contributed by atoms with Crippen LogP contribution in [0, 0.1) is 5.41 Å². The maximum absolute atomic E-state index is 13.6. The van der Waals surface area contributed by atoms with Gasteiger partial charge >= 0.3 is 0 Å². The monoisotopic (exact) mass is 1110 g/mol. The molecule has 1 saturated carbocycles. The molecule has 2 aromatic carbocycles. The Morgan fingerprint density at radius 3 is 2.12 bits per heavy atom. The van der Waals surface area contributed by atoms with E-state index in [-0.39, 0.29) is 47.1 Å². The Morgan fingerprint density at radius 2 is 1.54 bits per heavy atom. The van der Waals surface area contributed by atoms with Gasteiger partial charge in [0, 0.05) is 42.0 Å². The molecule has 0 radical (unpaired) electrons. The Labute approximate surface area is 444 Å². The van der Waals surface area contributed by atoms with E-state index in [2.05, 4.69) is 15.6 Å². The number of nitrogens with zero attached hydrogens (tertiary/aromatic N) is 1. The topological polar surface area (TPSA) is 520 Å². The van der Waals surface area contributed by atoms with Crippen molar-refractivity contribution in [3.63, 3.8) is 0 Å². The summed E-state index contributed by atoms with van der Waals surface area (Å²) < 4.78 is 40.0. The third kappa shape index (κ3) is 10.8. The number of nitrogens with one attached hydrogen (secondary N) is 3. The van der Waals surface area contributed by atoms with Crippen LogP contribution < -0.4 is 38.3 Å². The number of guanidine groups is 2. The first kappa shape index (κ1) is 60.0. The van der Waals surface area contributed by atoms with Crippen LogP contribution in [0.15, 0.2) is 23.2 Å². The number of carbonyl (C=O) groups excluding carboxylic acids is 4. The third-order valence-electron chi connectivity index (χ3n) is 15.2. The number of methoxy groups -OCH3 is 1. The van der Waals surface area contributed by atoms with Gasteiger partial charge in [-0.2, -0.15) is 0 Å². The van der Waals surface area contributed by atoms with Gasteiger partial charge in [-0.1, -0.05) is 12.1 Å². The number of aldehydes is 1. The van der Waals surface area contributed by atoms with E-state index >= 15 is 0 Å². The van der Waals surface area contributed by atoms with Crippen molar-refractivity contribution in [2.75, 3.05) is 20.8 Å². The Kier molecular flexibility index (Phi) is 17.9. The van der Waals surface area contributed by atoms with Crippen LogP contribution in [-0.4, -0.2) is 234 Å². The standard InChI is InChI=1S/C27H29NO10.C21H39N7O12/c1-10-22(30)14(28)7-17(37-10)38-16-9-27(35,11(2)29)8-13-19(16)26(34)21-20(24(13)32)23(31)12-5-4-6-15(36-3)18(12)25(21)33;1-5-21(36,4-30)16(40-17-9(26-2)13(34)10(31)6(3-29)38-17)18(37-5)39-15-8(28-20(24)25)11(32)7(27-19(22)23)12(33)14(15)35/h4-6,10,14,16-17,22,30,32,34-35H,7-9,28H2,1-3H3;4-18,26,29,31-36H,3H2,1-2H3,(H4,22,23,27)(H4,24,25,28)/t10-,14-,16-,17-,22+,27-;5-,6-,7+,8-,9-,10-,11+,12-,13-,14+,15+,16-,17-,18-,21+/m00/s1. The fourth-order valence-corrected chi connectivity index (χ4v) is 10.8. The van der Waals surface area contributed by atoms with E-state index < -0.39 is 192 Å².